The van der Waals surface area contributed by atoms with Crippen molar-refractivity contribution in [1.29, 1.82) is 0 Å². The van der Waals surface area contributed by atoms with Crippen molar-refractivity contribution in [1.82, 2.24) is 10.2 Å². The summed E-state index contributed by atoms with van der Waals surface area (Å²) in [5.74, 6) is -0.584. The topological polar surface area (TPSA) is 86.7 Å². The van der Waals surface area contributed by atoms with E-state index in [1.165, 1.54) is 11.8 Å². The quantitative estimate of drug-likeness (QED) is 0.670. The highest BCUT2D eigenvalue weighted by Gasteiger charge is 2.13. The zero-order valence-corrected chi connectivity index (χ0v) is 14.2. The first kappa shape index (κ1) is 19.0. The molecule has 1 aromatic carbocycles. The van der Waals surface area contributed by atoms with Crippen molar-refractivity contribution in [3.05, 3.63) is 35.4 Å². The molecule has 1 rings (SSSR count). The van der Waals surface area contributed by atoms with Gasteiger partial charge in [0.15, 0.2) is 0 Å². The van der Waals surface area contributed by atoms with Crippen molar-refractivity contribution in [2.75, 3.05) is 31.1 Å². The molecule has 0 aromatic heterocycles. The standard InChI is InChI=1S/C16H22N2O4S/c1-3-18(4-2)16(22)13-7-5-12(6-8-13)15(21)17-9-10-23-11-14(19)20/h5-8H,3-4,9-11H2,1-2H3,(H,17,21)(H,19,20). The minimum atomic E-state index is -0.866. The molecule has 0 saturated heterocycles. The molecule has 2 amide bonds. The van der Waals surface area contributed by atoms with Crippen molar-refractivity contribution < 1.29 is 19.5 Å². The second kappa shape index (κ2) is 9.89. The van der Waals surface area contributed by atoms with Gasteiger partial charge >= 0.3 is 5.97 Å². The lowest BCUT2D eigenvalue weighted by Crippen LogP contribution is -2.30. The van der Waals surface area contributed by atoms with Gasteiger partial charge in [-0.1, -0.05) is 0 Å². The molecule has 0 unspecified atom stereocenters. The molecule has 0 saturated carbocycles. The first-order valence-electron chi connectivity index (χ1n) is 7.46. The number of carbonyl (C=O) groups excluding carboxylic acids is 2. The van der Waals surface area contributed by atoms with Crippen LogP contribution in [0.15, 0.2) is 24.3 Å². The van der Waals surface area contributed by atoms with Crippen molar-refractivity contribution in [3.63, 3.8) is 0 Å². The maximum absolute atomic E-state index is 12.2. The van der Waals surface area contributed by atoms with Gasteiger partial charge in [0.2, 0.25) is 0 Å². The van der Waals surface area contributed by atoms with Crippen LogP contribution in [0.5, 0.6) is 0 Å². The Hall–Kier alpha value is -2.02. The number of aliphatic carboxylic acids is 1. The van der Waals surface area contributed by atoms with Crippen LogP contribution in [-0.2, 0) is 4.79 Å². The number of rotatable bonds is 9. The average Bonchev–Trinajstić information content (AvgIpc) is 2.55. The van der Waals surface area contributed by atoms with Gasteiger partial charge in [-0.15, -0.1) is 11.8 Å². The predicted octanol–water partition coefficient (Wildman–Crippen LogP) is 1.72. The van der Waals surface area contributed by atoms with E-state index in [0.29, 0.717) is 36.5 Å². The SMILES string of the molecule is CCN(CC)C(=O)c1ccc(C(=O)NCCSCC(=O)O)cc1. The zero-order valence-electron chi connectivity index (χ0n) is 13.4. The molecule has 0 heterocycles. The second-order valence-corrected chi connectivity index (χ2v) is 5.86. The Balaban J connectivity index is 2.51. The van der Waals surface area contributed by atoms with Crippen LogP contribution in [0.3, 0.4) is 0 Å². The van der Waals surface area contributed by atoms with Gasteiger partial charge in [0, 0.05) is 36.5 Å². The number of nitrogens with one attached hydrogen (secondary N) is 1. The molecule has 0 aliphatic carbocycles. The summed E-state index contributed by atoms with van der Waals surface area (Å²) in [6, 6.07) is 6.54. The maximum atomic E-state index is 12.2. The predicted molar refractivity (Wildman–Crippen MR) is 91.0 cm³/mol. The van der Waals surface area contributed by atoms with Crippen molar-refractivity contribution in [2.24, 2.45) is 0 Å². The number of amides is 2. The van der Waals surface area contributed by atoms with E-state index in [9.17, 15) is 14.4 Å². The van der Waals surface area contributed by atoms with Gasteiger partial charge < -0.3 is 15.3 Å². The molecule has 23 heavy (non-hydrogen) atoms. The fourth-order valence-corrected chi connectivity index (χ4v) is 2.52. The third-order valence-corrected chi connectivity index (χ3v) is 4.15. The first-order valence-corrected chi connectivity index (χ1v) is 8.62. The lowest BCUT2D eigenvalue weighted by Gasteiger charge is -2.18. The summed E-state index contributed by atoms with van der Waals surface area (Å²) in [6.07, 6.45) is 0. The number of thioether (sulfide) groups is 1. The lowest BCUT2D eigenvalue weighted by atomic mass is 10.1. The van der Waals surface area contributed by atoms with Crippen LogP contribution in [0, 0.1) is 0 Å². The second-order valence-electron chi connectivity index (χ2n) is 4.76. The summed E-state index contributed by atoms with van der Waals surface area (Å²) in [4.78, 5) is 36.2. The Morgan fingerprint density at radius 1 is 1.09 bits per heavy atom. The third kappa shape index (κ3) is 6.32. The van der Waals surface area contributed by atoms with Crippen LogP contribution < -0.4 is 5.32 Å². The molecule has 126 valence electrons. The van der Waals surface area contributed by atoms with Crippen molar-refractivity contribution in [2.45, 2.75) is 13.8 Å². The number of benzene rings is 1. The van der Waals surface area contributed by atoms with Crippen molar-refractivity contribution in [3.8, 4) is 0 Å². The molecule has 6 nitrogen and oxygen atoms in total. The van der Waals surface area contributed by atoms with E-state index in [-0.39, 0.29) is 17.6 Å². The van der Waals surface area contributed by atoms with Crippen molar-refractivity contribution >= 4 is 29.5 Å². The third-order valence-electron chi connectivity index (χ3n) is 3.20. The highest BCUT2D eigenvalue weighted by Crippen LogP contribution is 2.08. The van der Waals surface area contributed by atoms with E-state index in [1.807, 2.05) is 13.8 Å². The van der Waals surface area contributed by atoms with Crippen LogP contribution in [0.2, 0.25) is 0 Å². The molecule has 0 fully saturated rings. The Bertz CT molecular complexity index is 542. The Morgan fingerprint density at radius 3 is 2.17 bits per heavy atom. The number of hydrogen-bond donors (Lipinski definition) is 2. The lowest BCUT2D eigenvalue weighted by molar-refractivity contribution is -0.133. The minimum Gasteiger partial charge on any atom is -0.481 e. The van der Waals surface area contributed by atoms with Crippen LogP contribution in [0.1, 0.15) is 34.6 Å². The van der Waals surface area contributed by atoms with E-state index >= 15 is 0 Å². The summed E-state index contributed by atoms with van der Waals surface area (Å²) in [6.45, 7) is 5.53. The summed E-state index contributed by atoms with van der Waals surface area (Å²) >= 11 is 1.25. The summed E-state index contributed by atoms with van der Waals surface area (Å²) in [7, 11) is 0. The molecular formula is C16H22N2O4S. The van der Waals surface area contributed by atoms with Crippen LogP contribution in [0.25, 0.3) is 0 Å². The monoisotopic (exact) mass is 338 g/mol. The Morgan fingerprint density at radius 2 is 1.65 bits per heavy atom. The first-order chi connectivity index (χ1) is 11.0. The van der Waals surface area contributed by atoms with Gasteiger partial charge in [0.05, 0.1) is 5.75 Å². The number of carboxylic acids is 1. The van der Waals surface area contributed by atoms with Crippen LogP contribution in [0.4, 0.5) is 0 Å². The number of carboxylic acid groups (broad SMARTS) is 1. The molecule has 0 aliphatic heterocycles. The molecule has 0 aliphatic rings. The molecule has 0 atom stereocenters. The molecule has 0 bridgehead atoms. The van der Waals surface area contributed by atoms with Gasteiger partial charge in [0.25, 0.3) is 11.8 Å². The van der Waals surface area contributed by atoms with E-state index in [4.69, 9.17) is 5.11 Å². The normalized spacial score (nSPS) is 10.2. The minimum absolute atomic E-state index is 0.0258. The molecule has 0 radical (unpaired) electrons. The van der Waals surface area contributed by atoms with Gasteiger partial charge in [-0.2, -0.15) is 0 Å². The molecule has 7 heteroatoms. The summed E-state index contributed by atoms with van der Waals surface area (Å²) in [5, 5.41) is 11.2. The van der Waals surface area contributed by atoms with E-state index in [2.05, 4.69) is 5.32 Å². The maximum Gasteiger partial charge on any atom is 0.313 e. The number of hydrogen-bond acceptors (Lipinski definition) is 4. The highest BCUT2D eigenvalue weighted by atomic mass is 32.2. The fraction of sp³-hybridized carbons (Fsp3) is 0.438. The molecular weight excluding hydrogens is 316 g/mol. The zero-order chi connectivity index (χ0) is 17.2. The Kier molecular flexibility index (Phi) is 8.18. The summed E-state index contributed by atoms with van der Waals surface area (Å²) < 4.78 is 0. The van der Waals surface area contributed by atoms with Gasteiger partial charge in [0.1, 0.15) is 0 Å². The van der Waals surface area contributed by atoms with Gasteiger partial charge in [-0.3, -0.25) is 14.4 Å². The average molecular weight is 338 g/mol. The largest absolute Gasteiger partial charge is 0.481 e. The number of nitrogens with zero attached hydrogens (tertiary/aromatic N) is 1. The fourth-order valence-electron chi connectivity index (χ4n) is 1.96. The van der Waals surface area contributed by atoms with Crippen LogP contribution >= 0.6 is 11.8 Å². The van der Waals surface area contributed by atoms with E-state index in [1.54, 1.807) is 29.2 Å². The van der Waals surface area contributed by atoms with E-state index in [0.717, 1.165) is 0 Å². The number of carbonyl (C=O) groups is 3. The smallest absolute Gasteiger partial charge is 0.313 e. The summed E-state index contributed by atoms with van der Waals surface area (Å²) in [5.41, 5.74) is 1.03. The van der Waals surface area contributed by atoms with Gasteiger partial charge in [-0.25, -0.2) is 0 Å². The Labute approximate surface area is 140 Å². The van der Waals surface area contributed by atoms with E-state index < -0.39 is 5.97 Å². The molecule has 0 spiro atoms. The molecule has 2 N–H and O–H groups in total. The van der Waals surface area contributed by atoms with Crippen LogP contribution in [-0.4, -0.2) is 58.9 Å². The van der Waals surface area contributed by atoms with Gasteiger partial charge in [-0.05, 0) is 38.1 Å². The highest BCUT2D eigenvalue weighted by molar-refractivity contribution is 7.99. The molecule has 1 aromatic rings.